The van der Waals surface area contributed by atoms with Crippen molar-refractivity contribution in [3.63, 3.8) is 0 Å². The summed E-state index contributed by atoms with van der Waals surface area (Å²) in [7, 11) is 5.94. The third-order valence-corrected chi connectivity index (χ3v) is 24.8. The zero-order valence-electron chi connectivity index (χ0n) is 88.3. The Morgan fingerprint density at radius 2 is 0.527 bits per heavy atom. The maximum atomic E-state index is 9.12. The first-order chi connectivity index (χ1) is 68.4. The zero-order chi connectivity index (χ0) is 98.8. The van der Waals surface area contributed by atoms with Gasteiger partial charge >= 0.3 is 0 Å². The molecule has 0 amide bonds. The van der Waals surface area contributed by atoms with Crippen LogP contribution in [0, 0.1) is 0 Å². The second-order valence-electron chi connectivity index (χ2n) is 36.5. The van der Waals surface area contributed by atoms with Gasteiger partial charge in [-0.1, -0.05) is 46.0 Å². The van der Waals surface area contributed by atoms with Crippen molar-refractivity contribution in [1.82, 2.24) is 0 Å². The molecule has 0 unspecified atom stereocenters. The number of nitrogens with two attached hydrogens (primary N) is 1. The first kappa shape index (κ1) is 130. The fraction of sp³-hybridized carbons (Fsp3) is 0.416. The molecule has 754 valence electrons. The second kappa shape index (κ2) is 73.4. The quantitative estimate of drug-likeness (QED) is 0.0123. The van der Waals surface area contributed by atoms with E-state index in [1.165, 1.54) is 174 Å². The fourth-order valence-electron chi connectivity index (χ4n) is 17.3. The number of nitrogen functional groups attached to an aromatic ring is 1. The number of azo groups is 6. The molecule has 6 aromatic heterocycles. The summed E-state index contributed by atoms with van der Waals surface area (Å²) in [5.41, 5.74) is 29.0. The van der Waals surface area contributed by atoms with Gasteiger partial charge in [-0.05, 0) is 262 Å². The van der Waals surface area contributed by atoms with Gasteiger partial charge in [-0.2, -0.15) is 61.4 Å². The number of aliphatic hydroxyl groups is 3. The third kappa shape index (κ3) is 45.6. The Morgan fingerprint density at radius 1 is 0.288 bits per heavy atom. The molecule has 16 rings (SSSR count). The van der Waals surface area contributed by atoms with Crippen LogP contribution >= 0.6 is 0 Å². The van der Waals surface area contributed by atoms with Gasteiger partial charge in [0.2, 0.25) is 0 Å². The number of aromatic nitrogens is 6. The Kier molecular flexibility index (Phi) is 65.1. The Balaban J connectivity index is 0.000000308. The molecular weight excluding hydrogens is 2270 g/mol. The minimum Gasteiger partial charge on any atom is -0.399 e. The average Bonchev–Trinajstić information content (AvgIpc) is 0.779. The molecule has 146 heavy (non-hydrogen) atoms. The van der Waals surface area contributed by atoms with E-state index in [9.17, 15) is 0 Å². The van der Waals surface area contributed by atoms with Gasteiger partial charge in [-0.15, -0.1) is 0 Å². The molecule has 33 heteroatoms. The van der Waals surface area contributed by atoms with Crippen LogP contribution in [-0.2, 0) is 263 Å². The summed E-state index contributed by atoms with van der Waals surface area (Å²) < 4.78 is 12.5. The van der Waals surface area contributed by atoms with Crippen molar-refractivity contribution in [2.24, 2.45) is 82.5 Å². The van der Waals surface area contributed by atoms with Gasteiger partial charge in [-0.3, -0.25) is 0 Å². The van der Waals surface area contributed by atoms with Crippen LogP contribution in [-0.4, -0.2) is 99.6 Å². The molecule has 0 bridgehead atoms. The van der Waals surface area contributed by atoms with Gasteiger partial charge in [0.25, 0.3) is 0 Å². The van der Waals surface area contributed by atoms with Crippen LogP contribution in [0.1, 0.15) is 180 Å². The molecule has 4 aliphatic rings. The van der Waals surface area contributed by atoms with Gasteiger partial charge in [0.05, 0.1) is 81.5 Å². The van der Waals surface area contributed by atoms with Crippen LogP contribution in [0.2, 0.25) is 0 Å². The standard InChI is InChI=1S/C23H31N4.C21H31N4O2.C21H31N4O.C18H21N4.C18H25N4.C12H12N4.6Y/c1-2-3-4-5-12-26-15-10-21(11-16-26)24-25-22-17-19-8-6-13-27-14-7-9-20(18-22)23(19)27;1-2-3-4-5-12-24-13-10-20(11-14-24)23-22-19-6-8-21(9-7-19)25(15-17-26)16-18-27;1-3-25(4-2)21-11-9-19(10-12-21)22-23-20-13-16-24(17-14-20)15-7-5-6-8-18-26;1-21-10-6-16(7-11-21)19-20-17-12-14-4-2-8-22-9-3-5-15(13-17)18(14)22;1-14(2)22(15(3)4)18-8-6-16(7-9-18)19-20-17-10-12-21(5)13-11-17;1-16-8-6-12(7-9-16)15-14-11-4-2-10(13)3-5-11;;;;;;/h10-11,15-18H,2-9,12-14H2,1H3;6-11,13-14,26-27H,2-5,12,15-18H2,1H3;9-14,16-17,26H,3-8,15,18H2,1-2H3;6-7,10-13H,2-5,8-9H2,1H3;6-15H,1-5H3;2-9,13H,1H3;;;;;;/q5*+1;;;;;;;/p+1. The van der Waals surface area contributed by atoms with Crippen LogP contribution in [0.15, 0.2) is 330 Å². The van der Waals surface area contributed by atoms with Crippen molar-refractivity contribution in [3.8, 4) is 0 Å². The molecule has 0 saturated heterocycles. The zero-order valence-corrected chi connectivity index (χ0v) is 105. The van der Waals surface area contributed by atoms with E-state index in [0.29, 0.717) is 31.8 Å². The SMILES string of the molecule is CC(C)N(c1ccc(N=Nc2cc[n+](C)cc2)cc1)C(C)C.CCCCCC[n+]1ccc(N=Nc2cc3c4c(c2)CCCN4CCC3)cc1.CCCCCC[n+]1ccc(N=Nc2ccc(N(CCO)CCO)cc2)cc1.CCN(CC)c1ccc(N=Nc2cc[n+](CCCCCCO)cc2)cc1.C[n+]1ccc(N=Nc2cc3c4c(c2)CCCN4CCC3)cc1.C[n+]1ccc(N=Nc2ccc(N)cc2)cc1.[Y].[Y].[Y].[Y].[Y].[Y]. The van der Waals surface area contributed by atoms with Gasteiger partial charge < -0.3 is 45.6 Å². The number of pyridine rings is 6. The summed E-state index contributed by atoms with van der Waals surface area (Å²) in [5, 5.41) is 78.9. The normalized spacial score (nSPS) is 12.5. The molecule has 5 N–H and O–H groups in total. The van der Waals surface area contributed by atoms with Gasteiger partial charge in [0.1, 0.15) is 40.8 Å². The first-order valence-electron chi connectivity index (χ1n) is 50.8. The maximum Gasteiger partial charge on any atom is 0.171 e. The van der Waals surface area contributed by atoms with Crippen LogP contribution in [0.25, 0.3) is 0 Å². The van der Waals surface area contributed by atoms with Gasteiger partial charge in [0.15, 0.2) is 74.4 Å². The molecule has 12 aromatic rings. The van der Waals surface area contributed by atoms with E-state index in [-0.39, 0.29) is 209 Å². The van der Waals surface area contributed by atoms with Crippen molar-refractivity contribution >= 4 is 102 Å². The molecule has 0 fully saturated rings. The Hall–Kier alpha value is -6.88. The Morgan fingerprint density at radius 3 is 0.788 bits per heavy atom. The number of nitrogens with zero attached hydrogens (tertiary/aromatic N) is 23. The van der Waals surface area contributed by atoms with Crippen LogP contribution in [0.4, 0.5) is 102 Å². The minimum absolute atomic E-state index is 0. The number of rotatable bonds is 39. The molecule has 0 spiro atoms. The molecule has 6 aromatic carbocycles. The predicted octanol–water partition coefficient (Wildman–Crippen LogP) is 24.9. The third-order valence-electron chi connectivity index (χ3n) is 24.8. The molecule has 0 saturated carbocycles. The summed E-state index contributed by atoms with van der Waals surface area (Å²) >= 11 is 0. The fourth-order valence-corrected chi connectivity index (χ4v) is 17.3. The minimum atomic E-state index is 0. The van der Waals surface area contributed by atoms with Crippen molar-refractivity contribution in [1.29, 1.82) is 0 Å². The molecule has 0 atom stereocenters. The predicted molar refractivity (Wildman–Crippen MR) is 565 cm³/mol. The van der Waals surface area contributed by atoms with E-state index in [4.69, 9.17) is 21.1 Å². The van der Waals surface area contributed by atoms with Crippen molar-refractivity contribution in [2.75, 3.05) is 102 Å². The van der Waals surface area contributed by atoms with Crippen molar-refractivity contribution in [2.45, 2.75) is 216 Å². The van der Waals surface area contributed by atoms with Crippen molar-refractivity contribution < 1.29 is 239 Å². The summed E-state index contributed by atoms with van der Waals surface area (Å²) in [4.78, 5) is 11.7. The van der Waals surface area contributed by atoms with E-state index < -0.39 is 0 Å². The number of aliphatic hydroxyl groups excluding tert-OH is 3. The van der Waals surface area contributed by atoms with E-state index in [1.807, 2.05) is 223 Å². The number of unbranched alkanes of at least 4 members (excludes halogenated alkanes) is 9. The number of hydrogen-bond acceptors (Lipinski definition) is 21. The molecule has 27 nitrogen and oxygen atoms in total. The van der Waals surface area contributed by atoms with E-state index in [0.717, 1.165) is 138 Å². The summed E-state index contributed by atoms with van der Waals surface area (Å²) in [6.07, 6.45) is 48.3. The van der Waals surface area contributed by atoms with E-state index in [2.05, 4.69) is 223 Å². The molecule has 0 aliphatic carbocycles. The summed E-state index contributed by atoms with van der Waals surface area (Å²) in [5.74, 6) is 0. The summed E-state index contributed by atoms with van der Waals surface area (Å²) in [6, 6.07) is 64.9. The first-order valence-corrected chi connectivity index (χ1v) is 50.8. The van der Waals surface area contributed by atoms with Crippen LogP contribution in [0.5, 0.6) is 0 Å². The Labute approximate surface area is 1020 Å². The number of hydrogen-bond donors (Lipinski definition) is 4. The summed E-state index contributed by atoms with van der Waals surface area (Å²) in [6.45, 7) is 29.0. The maximum absolute atomic E-state index is 9.12. The average molecular weight is 2430 g/mol. The molecular formula is C113H152N24O3Y6+6. The van der Waals surface area contributed by atoms with Crippen LogP contribution in [0.3, 0.4) is 0 Å². The smallest absolute Gasteiger partial charge is 0.171 e. The largest absolute Gasteiger partial charge is 0.399 e. The molecule has 4 aliphatic heterocycles. The number of benzene rings is 6. The van der Waals surface area contributed by atoms with Crippen LogP contribution < -0.4 is 57.6 Å². The second-order valence-corrected chi connectivity index (χ2v) is 36.5. The Bertz CT molecular complexity index is 5690. The topological polar surface area (TPSA) is 275 Å². The monoisotopic (exact) mass is 2430 g/mol. The van der Waals surface area contributed by atoms with Gasteiger partial charge in [-0.25, -0.2) is 27.4 Å². The van der Waals surface area contributed by atoms with Gasteiger partial charge in [0, 0.05) is 393 Å². The van der Waals surface area contributed by atoms with Crippen molar-refractivity contribution in [3.05, 3.63) is 291 Å². The number of aryl methyl sites for hydroxylation is 10. The van der Waals surface area contributed by atoms with E-state index >= 15 is 0 Å². The van der Waals surface area contributed by atoms with E-state index in [1.54, 1.807) is 12.1 Å². The molecule has 6 radical (unpaired) electrons. The number of anilines is 6. The molecule has 10 heterocycles.